The number of hydrogen-bond donors (Lipinski definition) is 3. The molecule has 0 bridgehead atoms. The van der Waals surface area contributed by atoms with Gasteiger partial charge in [-0.05, 0) is 24.2 Å². The van der Waals surface area contributed by atoms with Gasteiger partial charge in [0.05, 0.1) is 13.5 Å². The van der Waals surface area contributed by atoms with Gasteiger partial charge in [-0.15, -0.1) is 6.58 Å². The smallest absolute Gasteiger partial charge is 0.304 e. The highest BCUT2D eigenvalue weighted by molar-refractivity contribution is 7.99. The van der Waals surface area contributed by atoms with Gasteiger partial charge in [-0.2, -0.15) is 11.8 Å². The minimum absolute atomic E-state index is 0.0275. The van der Waals surface area contributed by atoms with Crippen molar-refractivity contribution in [2.24, 2.45) is 17.8 Å². The third kappa shape index (κ3) is 9.93. The zero-order valence-electron chi connectivity index (χ0n) is 17.9. The van der Waals surface area contributed by atoms with E-state index in [9.17, 15) is 15.0 Å². The second-order valence-corrected chi connectivity index (χ2v) is 8.86. The predicted molar refractivity (Wildman–Crippen MR) is 117 cm³/mol. The molecule has 0 saturated heterocycles. The summed E-state index contributed by atoms with van der Waals surface area (Å²) in [5.74, 6) is 1.67. The van der Waals surface area contributed by atoms with Crippen molar-refractivity contribution in [2.75, 3.05) is 12.9 Å². The van der Waals surface area contributed by atoms with Crippen LogP contribution in [0.1, 0.15) is 58.3 Å². The number of carboxylic acid groups (broad SMARTS) is 1. The number of hydrogen-bond acceptors (Lipinski definition) is 5. The Balaban J connectivity index is 0.000000887. The Morgan fingerprint density at radius 1 is 1.18 bits per heavy atom. The second kappa shape index (κ2) is 13.4. The Bertz CT molecular complexity index is 590. The SMILES string of the molecule is C=CC(C)C(C)C.COc1cc(O)c(C(CC(C)C)SCCC(=O)O)c(O)c1. The molecule has 160 valence electrons. The van der Waals surface area contributed by atoms with Crippen LogP contribution >= 0.6 is 11.8 Å². The summed E-state index contributed by atoms with van der Waals surface area (Å²) >= 11 is 1.43. The van der Waals surface area contributed by atoms with E-state index < -0.39 is 5.97 Å². The molecule has 3 N–H and O–H groups in total. The predicted octanol–water partition coefficient (Wildman–Crippen LogP) is 5.87. The molecule has 0 aliphatic rings. The topological polar surface area (TPSA) is 87.0 Å². The molecule has 1 aromatic rings. The van der Waals surface area contributed by atoms with Crippen molar-refractivity contribution in [1.82, 2.24) is 0 Å². The van der Waals surface area contributed by atoms with Crippen molar-refractivity contribution in [2.45, 2.75) is 52.7 Å². The minimum atomic E-state index is -0.853. The summed E-state index contributed by atoms with van der Waals surface area (Å²) in [6.07, 6.45) is 2.78. The molecule has 5 nitrogen and oxygen atoms in total. The number of methoxy groups -OCH3 is 1. The zero-order chi connectivity index (χ0) is 21.9. The maximum Gasteiger partial charge on any atom is 0.304 e. The van der Waals surface area contributed by atoms with Gasteiger partial charge >= 0.3 is 5.97 Å². The molecular formula is C22H36O5S. The van der Waals surface area contributed by atoms with Crippen LogP contribution in [0.5, 0.6) is 17.2 Å². The number of carboxylic acids is 1. The van der Waals surface area contributed by atoms with Crippen LogP contribution in [0.2, 0.25) is 0 Å². The first-order chi connectivity index (χ1) is 13.0. The van der Waals surface area contributed by atoms with E-state index in [1.165, 1.54) is 31.0 Å². The number of benzene rings is 1. The first-order valence-corrected chi connectivity index (χ1v) is 10.6. The minimum Gasteiger partial charge on any atom is -0.507 e. The molecule has 2 atom stereocenters. The van der Waals surface area contributed by atoms with E-state index in [0.717, 1.165) is 12.3 Å². The van der Waals surface area contributed by atoms with Gasteiger partial charge in [-0.1, -0.05) is 40.7 Å². The van der Waals surface area contributed by atoms with Crippen molar-refractivity contribution >= 4 is 17.7 Å². The molecule has 0 heterocycles. The van der Waals surface area contributed by atoms with Gasteiger partial charge in [0.2, 0.25) is 0 Å². The van der Waals surface area contributed by atoms with Gasteiger partial charge in [-0.25, -0.2) is 0 Å². The fourth-order valence-electron chi connectivity index (χ4n) is 2.30. The van der Waals surface area contributed by atoms with Gasteiger partial charge in [0.1, 0.15) is 17.2 Å². The number of phenols is 2. The molecule has 2 unspecified atom stereocenters. The average Bonchev–Trinajstić information content (AvgIpc) is 2.59. The number of thioether (sulfide) groups is 1. The summed E-state index contributed by atoms with van der Waals surface area (Å²) in [6, 6.07) is 2.92. The summed E-state index contributed by atoms with van der Waals surface area (Å²) in [6.45, 7) is 14.3. The molecule has 0 radical (unpaired) electrons. The van der Waals surface area contributed by atoms with E-state index in [1.807, 2.05) is 19.9 Å². The van der Waals surface area contributed by atoms with Crippen LogP contribution in [0.3, 0.4) is 0 Å². The van der Waals surface area contributed by atoms with E-state index in [4.69, 9.17) is 9.84 Å². The zero-order valence-corrected chi connectivity index (χ0v) is 18.8. The van der Waals surface area contributed by atoms with Gasteiger partial charge in [0.25, 0.3) is 0 Å². The average molecular weight is 413 g/mol. The fourth-order valence-corrected chi connectivity index (χ4v) is 3.81. The third-order valence-electron chi connectivity index (χ3n) is 4.41. The monoisotopic (exact) mass is 412 g/mol. The Hall–Kier alpha value is -1.82. The molecule has 28 heavy (non-hydrogen) atoms. The molecule has 0 aliphatic carbocycles. The van der Waals surface area contributed by atoms with Crippen molar-refractivity contribution in [3.05, 3.63) is 30.4 Å². The highest BCUT2D eigenvalue weighted by atomic mass is 32.2. The summed E-state index contributed by atoms with van der Waals surface area (Å²) in [5, 5.41) is 28.8. The Labute approximate surface area is 173 Å². The molecule has 0 spiro atoms. The molecule has 0 amide bonds. The standard InChI is InChI=1S/C15H22O5S.C7H14/c1-9(2)6-13(21-5-4-14(18)19)15-11(16)7-10(20-3)8-12(15)17;1-5-7(4)6(2)3/h7-9,13,16-17H,4-6H2,1-3H3,(H,18,19);5-7H,1H2,2-4H3. The highest BCUT2D eigenvalue weighted by Gasteiger charge is 2.22. The van der Waals surface area contributed by atoms with Crippen LogP contribution < -0.4 is 4.74 Å². The van der Waals surface area contributed by atoms with Crippen LogP contribution in [0, 0.1) is 17.8 Å². The second-order valence-electron chi connectivity index (χ2n) is 7.55. The van der Waals surface area contributed by atoms with Crippen LogP contribution in [-0.2, 0) is 4.79 Å². The molecule has 6 heteroatoms. The van der Waals surface area contributed by atoms with E-state index in [0.29, 0.717) is 28.9 Å². The van der Waals surface area contributed by atoms with Gasteiger partial charge in [-0.3, -0.25) is 4.79 Å². The van der Waals surface area contributed by atoms with Crippen molar-refractivity contribution in [3.8, 4) is 17.2 Å². The van der Waals surface area contributed by atoms with Crippen molar-refractivity contribution in [3.63, 3.8) is 0 Å². The van der Waals surface area contributed by atoms with E-state index in [1.54, 1.807) is 0 Å². The highest BCUT2D eigenvalue weighted by Crippen LogP contribution is 2.45. The Morgan fingerprint density at radius 3 is 2.04 bits per heavy atom. The molecule has 0 saturated carbocycles. The number of aromatic hydroxyl groups is 2. The van der Waals surface area contributed by atoms with E-state index in [-0.39, 0.29) is 23.2 Å². The van der Waals surface area contributed by atoms with Crippen molar-refractivity contribution < 1.29 is 24.9 Å². The molecule has 1 aromatic carbocycles. The molecular weight excluding hydrogens is 376 g/mol. The molecule has 1 rings (SSSR count). The first-order valence-electron chi connectivity index (χ1n) is 9.59. The number of carbonyl (C=O) groups is 1. The molecule has 0 fully saturated rings. The lowest BCUT2D eigenvalue weighted by Gasteiger charge is -2.21. The number of ether oxygens (including phenoxy) is 1. The maximum absolute atomic E-state index is 10.6. The third-order valence-corrected chi connectivity index (χ3v) is 5.68. The summed E-state index contributed by atoms with van der Waals surface area (Å²) in [4.78, 5) is 10.6. The van der Waals surface area contributed by atoms with Crippen LogP contribution in [0.25, 0.3) is 0 Å². The largest absolute Gasteiger partial charge is 0.507 e. The lowest BCUT2D eigenvalue weighted by Crippen LogP contribution is -2.04. The molecule has 0 aliphatic heterocycles. The quantitative estimate of drug-likeness (QED) is 0.417. The molecule has 0 aromatic heterocycles. The number of rotatable bonds is 10. The normalized spacial score (nSPS) is 12.9. The summed E-state index contributed by atoms with van der Waals surface area (Å²) in [7, 11) is 1.46. The number of phenolic OH excluding ortho intramolecular Hbond substituents is 2. The van der Waals surface area contributed by atoms with Crippen LogP contribution in [0.15, 0.2) is 24.8 Å². The van der Waals surface area contributed by atoms with Gasteiger partial charge < -0.3 is 20.1 Å². The Kier molecular flexibility index (Phi) is 12.5. The van der Waals surface area contributed by atoms with E-state index in [2.05, 4.69) is 27.4 Å². The lowest BCUT2D eigenvalue weighted by molar-refractivity contribution is -0.136. The number of allylic oxidation sites excluding steroid dienone is 1. The van der Waals surface area contributed by atoms with Crippen molar-refractivity contribution in [1.29, 1.82) is 0 Å². The summed E-state index contributed by atoms with van der Waals surface area (Å²) < 4.78 is 5.00. The Morgan fingerprint density at radius 2 is 1.71 bits per heavy atom. The van der Waals surface area contributed by atoms with E-state index >= 15 is 0 Å². The van der Waals surface area contributed by atoms with Crippen LogP contribution in [-0.4, -0.2) is 34.2 Å². The lowest BCUT2D eigenvalue weighted by atomic mass is 9.99. The first kappa shape index (κ1) is 26.2. The maximum atomic E-state index is 10.6. The van der Waals surface area contributed by atoms with Crippen LogP contribution in [0.4, 0.5) is 0 Å². The van der Waals surface area contributed by atoms with Gasteiger partial charge in [0, 0.05) is 28.7 Å². The fraction of sp³-hybridized carbons (Fsp3) is 0.591. The number of aliphatic carboxylic acids is 1. The summed E-state index contributed by atoms with van der Waals surface area (Å²) in [5.41, 5.74) is 0.444. The van der Waals surface area contributed by atoms with Gasteiger partial charge in [0.15, 0.2) is 0 Å².